The Bertz CT molecular complexity index is 499. The molecule has 2 aromatic rings. The van der Waals surface area contributed by atoms with Crippen LogP contribution in [0.4, 0.5) is 0 Å². The van der Waals surface area contributed by atoms with E-state index in [2.05, 4.69) is 10.2 Å². The predicted octanol–water partition coefficient (Wildman–Crippen LogP) is 1.93. The third-order valence-corrected chi connectivity index (χ3v) is 2.18. The molecule has 6 heteroatoms. The fourth-order valence-electron chi connectivity index (χ4n) is 1.25. The van der Waals surface area contributed by atoms with Crippen molar-refractivity contribution in [3.05, 3.63) is 24.1 Å². The molecule has 84 valence electrons. The molecule has 0 aliphatic rings. The molecule has 0 atom stereocenters. The third-order valence-electron chi connectivity index (χ3n) is 1.99. The average molecular weight is 241 g/mol. The van der Waals surface area contributed by atoms with E-state index in [1.54, 1.807) is 0 Å². The summed E-state index contributed by atoms with van der Waals surface area (Å²) in [6.45, 7) is 0. The molecule has 0 fully saturated rings. The fraction of sp³-hybridized carbons (Fsp3) is 0.200. The van der Waals surface area contributed by atoms with Gasteiger partial charge < -0.3 is 14.6 Å². The summed E-state index contributed by atoms with van der Waals surface area (Å²) in [7, 11) is 0. The summed E-state index contributed by atoms with van der Waals surface area (Å²) in [6.07, 6.45) is 0.480. The summed E-state index contributed by atoms with van der Waals surface area (Å²) in [5, 5.41) is 26.2. The Morgan fingerprint density at radius 3 is 2.75 bits per heavy atom. The van der Waals surface area contributed by atoms with E-state index < -0.39 is 0 Å². The number of phenolic OH excluding ortho intramolecular Hbond substituents is 2. The predicted molar refractivity (Wildman–Crippen MR) is 57.5 cm³/mol. The molecule has 0 amide bonds. The quantitative estimate of drug-likeness (QED) is 0.802. The highest BCUT2D eigenvalue weighted by atomic mass is 35.5. The molecule has 0 radical (unpaired) electrons. The third kappa shape index (κ3) is 2.09. The van der Waals surface area contributed by atoms with Crippen molar-refractivity contribution in [3.63, 3.8) is 0 Å². The van der Waals surface area contributed by atoms with Crippen LogP contribution in [-0.4, -0.2) is 26.3 Å². The fourth-order valence-corrected chi connectivity index (χ4v) is 1.41. The maximum absolute atomic E-state index is 9.57. The topological polar surface area (TPSA) is 79.4 Å². The van der Waals surface area contributed by atoms with Crippen LogP contribution in [0, 0.1) is 0 Å². The van der Waals surface area contributed by atoms with E-state index >= 15 is 0 Å². The lowest BCUT2D eigenvalue weighted by atomic mass is 10.2. The zero-order valence-electron chi connectivity index (χ0n) is 8.22. The van der Waals surface area contributed by atoms with Crippen LogP contribution in [0.2, 0.25) is 0 Å². The molecule has 1 heterocycles. The van der Waals surface area contributed by atoms with E-state index in [0.29, 0.717) is 23.8 Å². The summed E-state index contributed by atoms with van der Waals surface area (Å²) < 4.78 is 5.28. The van der Waals surface area contributed by atoms with Crippen LogP contribution in [0.25, 0.3) is 11.5 Å². The number of alkyl halides is 1. The lowest BCUT2D eigenvalue weighted by Crippen LogP contribution is -1.84. The monoisotopic (exact) mass is 240 g/mol. The molecule has 0 aliphatic heterocycles. The van der Waals surface area contributed by atoms with Crippen LogP contribution in [-0.2, 0) is 6.42 Å². The van der Waals surface area contributed by atoms with Crippen LogP contribution < -0.4 is 0 Å². The van der Waals surface area contributed by atoms with Gasteiger partial charge in [-0.05, 0) is 12.1 Å². The summed E-state index contributed by atoms with van der Waals surface area (Å²) >= 11 is 5.53. The van der Waals surface area contributed by atoms with Gasteiger partial charge in [-0.25, -0.2) is 0 Å². The number of aryl methyl sites for hydroxylation is 1. The van der Waals surface area contributed by atoms with E-state index in [1.165, 1.54) is 18.2 Å². The normalized spacial score (nSPS) is 10.6. The molecular weight excluding hydrogens is 232 g/mol. The number of aromatic hydroxyl groups is 2. The van der Waals surface area contributed by atoms with Gasteiger partial charge in [-0.3, -0.25) is 0 Å². The second kappa shape index (κ2) is 4.40. The first-order chi connectivity index (χ1) is 7.70. The van der Waals surface area contributed by atoms with E-state index in [9.17, 15) is 5.11 Å². The van der Waals surface area contributed by atoms with Crippen molar-refractivity contribution < 1.29 is 14.6 Å². The van der Waals surface area contributed by atoms with Crippen molar-refractivity contribution in [2.75, 3.05) is 5.88 Å². The Kier molecular flexibility index (Phi) is 2.96. The highest BCUT2D eigenvalue weighted by Gasteiger charge is 2.12. The van der Waals surface area contributed by atoms with E-state index in [4.69, 9.17) is 21.1 Å². The smallest absolute Gasteiger partial charge is 0.251 e. The molecule has 0 bridgehead atoms. The highest BCUT2D eigenvalue weighted by molar-refractivity contribution is 6.17. The SMILES string of the molecule is Oc1ccc(-c2nnc(CCCl)o2)c(O)c1. The molecular formula is C10H9ClN2O3. The summed E-state index contributed by atoms with van der Waals surface area (Å²) in [5.74, 6) is 0.876. The van der Waals surface area contributed by atoms with Crippen molar-refractivity contribution in [1.29, 1.82) is 0 Å². The first-order valence-corrected chi connectivity index (χ1v) is 5.15. The molecule has 0 aliphatic carbocycles. The Hall–Kier alpha value is -1.75. The summed E-state index contributed by atoms with van der Waals surface area (Å²) in [6, 6.07) is 4.14. The Morgan fingerprint density at radius 2 is 2.06 bits per heavy atom. The Labute approximate surface area is 96.3 Å². The van der Waals surface area contributed by atoms with Gasteiger partial charge in [0.15, 0.2) is 0 Å². The maximum atomic E-state index is 9.57. The maximum Gasteiger partial charge on any atom is 0.251 e. The first kappa shape index (κ1) is 10.8. The largest absolute Gasteiger partial charge is 0.508 e. The van der Waals surface area contributed by atoms with Crippen LogP contribution in [0.5, 0.6) is 11.5 Å². The first-order valence-electron chi connectivity index (χ1n) is 4.61. The van der Waals surface area contributed by atoms with Crippen LogP contribution in [0.3, 0.4) is 0 Å². The lowest BCUT2D eigenvalue weighted by molar-refractivity contribution is 0.448. The van der Waals surface area contributed by atoms with E-state index in [1.807, 2.05) is 0 Å². The number of phenols is 2. The number of aromatic nitrogens is 2. The minimum absolute atomic E-state index is 0.0262. The van der Waals surface area contributed by atoms with Crippen molar-refractivity contribution in [2.24, 2.45) is 0 Å². The number of halogens is 1. The van der Waals surface area contributed by atoms with Crippen molar-refractivity contribution >= 4 is 11.6 Å². The van der Waals surface area contributed by atoms with Crippen molar-refractivity contribution in [3.8, 4) is 23.0 Å². The molecule has 5 nitrogen and oxygen atoms in total. The molecule has 1 aromatic carbocycles. The second-order valence-electron chi connectivity index (χ2n) is 3.14. The van der Waals surface area contributed by atoms with Gasteiger partial charge in [0.05, 0.1) is 5.56 Å². The van der Waals surface area contributed by atoms with Gasteiger partial charge in [-0.2, -0.15) is 0 Å². The molecule has 2 rings (SSSR count). The van der Waals surface area contributed by atoms with Gasteiger partial charge in [0.1, 0.15) is 11.5 Å². The molecule has 1 aromatic heterocycles. The molecule has 0 saturated carbocycles. The molecule has 0 spiro atoms. The standard InChI is InChI=1S/C10H9ClN2O3/c11-4-3-9-12-13-10(16-9)7-2-1-6(14)5-8(7)15/h1-2,5,14-15H,3-4H2. The van der Waals surface area contributed by atoms with Gasteiger partial charge in [-0.1, -0.05) is 0 Å². The lowest BCUT2D eigenvalue weighted by Gasteiger charge is -1.99. The van der Waals surface area contributed by atoms with E-state index in [-0.39, 0.29) is 17.4 Å². The molecule has 16 heavy (non-hydrogen) atoms. The Balaban J connectivity index is 2.35. The molecule has 0 unspecified atom stereocenters. The average Bonchev–Trinajstić information content (AvgIpc) is 2.67. The van der Waals surface area contributed by atoms with Gasteiger partial charge in [-0.15, -0.1) is 21.8 Å². The second-order valence-corrected chi connectivity index (χ2v) is 3.52. The van der Waals surface area contributed by atoms with Gasteiger partial charge in [0, 0.05) is 18.4 Å². The minimum Gasteiger partial charge on any atom is -0.508 e. The number of hydrogen-bond acceptors (Lipinski definition) is 5. The van der Waals surface area contributed by atoms with Gasteiger partial charge >= 0.3 is 0 Å². The highest BCUT2D eigenvalue weighted by Crippen LogP contribution is 2.30. The van der Waals surface area contributed by atoms with Crippen molar-refractivity contribution in [2.45, 2.75) is 6.42 Å². The van der Waals surface area contributed by atoms with Gasteiger partial charge in [0.25, 0.3) is 5.89 Å². The van der Waals surface area contributed by atoms with E-state index in [0.717, 1.165) is 0 Å². The zero-order chi connectivity index (χ0) is 11.5. The van der Waals surface area contributed by atoms with Crippen molar-refractivity contribution in [1.82, 2.24) is 10.2 Å². The zero-order valence-corrected chi connectivity index (χ0v) is 8.98. The van der Waals surface area contributed by atoms with Crippen LogP contribution in [0.1, 0.15) is 5.89 Å². The number of nitrogens with zero attached hydrogens (tertiary/aromatic N) is 2. The molecule has 0 saturated heterocycles. The summed E-state index contributed by atoms with van der Waals surface area (Å²) in [5.41, 5.74) is 0.381. The van der Waals surface area contributed by atoms with Crippen LogP contribution in [0.15, 0.2) is 22.6 Å². The Morgan fingerprint density at radius 1 is 1.25 bits per heavy atom. The number of hydrogen-bond donors (Lipinski definition) is 2. The van der Waals surface area contributed by atoms with Crippen LogP contribution >= 0.6 is 11.6 Å². The minimum atomic E-state index is -0.110. The van der Waals surface area contributed by atoms with Gasteiger partial charge in [0.2, 0.25) is 5.89 Å². The molecule has 2 N–H and O–H groups in total. The summed E-state index contributed by atoms with van der Waals surface area (Å²) in [4.78, 5) is 0. The number of rotatable bonds is 3. The number of benzene rings is 1.